The Labute approximate surface area is 200 Å². The van der Waals surface area contributed by atoms with Crippen molar-refractivity contribution in [2.24, 2.45) is 5.10 Å². The predicted molar refractivity (Wildman–Crippen MR) is 130 cm³/mol. The number of hydrogen-bond acceptors (Lipinski definition) is 5. The molecule has 4 rings (SSSR count). The van der Waals surface area contributed by atoms with E-state index in [-0.39, 0.29) is 23.8 Å². The predicted octanol–water partition coefficient (Wildman–Crippen LogP) is 4.08. The lowest BCUT2D eigenvalue weighted by Gasteiger charge is -2.07. The molecular formula is C27H20FN3O4. The zero-order valence-corrected chi connectivity index (χ0v) is 18.4. The first-order valence-electron chi connectivity index (χ1n) is 10.7. The Kier molecular flexibility index (Phi) is 7.22. The van der Waals surface area contributed by atoms with Crippen LogP contribution in [0.5, 0.6) is 5.75 Å². The molecule has 7 nitrogen and oxygen atoms in total. The summed E-state index contributed by atoms with van der Waals surface area (Å²) >= 11 is 0. The molecule has 4 aromatic carbocycles. The molecule has 0 atom stereocenters. The van der Waals surface area contributed by atoms with Crippen molar-refractivity contribution in [2.45, 2.75) is 0 Å². The van der Waals surface area contributed by atoms with Crippen LogP contribution in [0.25, 0.3) is 10.8 Å². The van der Waals surface area contributed by atoms with Gasteiger partial charge in [-0.2, -0.15) is 5.10 Å². The lowest BCUT2D eigenvalue weighted by atomic mass is 10.0. The molecule has 0 fully saturated rings. The van der Waals surface area contributed by atoms with E-state index in [1.165, 1.54) is 36.5 Å². The van der Waals surface area contributed by atoms with E-state index >= 15 is 0 Å². The van der Waals surface area contributed by atoms with Gasteiger partial charge in [-0.15, -0.1) is 0 Å². The fourth-order valence-electron chi connectivity index (χ4n) is 3.31. The zero-order chi connectivity index (χ0) is 24.6. The number of fused-ring (bicyclic) bond motifs is 1. The van der Waals surface area contributed by atoms with Crippen molar-refractivity contribution < 1.29 is 23.5 Å². The molecule has 35 heavy (non-hydrogen) atoms. The van der Waals surface area contributed by atoms with Crippen LogP contribution in [-0.4, -0.2) is 30.5 Å². The number of hydrogen-bond donors (Lipinski definition) is 2. The van der Waals surface area contributed by atoms with Gasteiger partial charge in [0.1, 0.15) is 11.6 Å². The molecule has 0 radical (unpaired) electrons. The first-order chi connectivity index (χ1) is 17.0. The molecule has 0 spiro atoms. The smallest absolute Gasteiger partial charge is 0.346 e. The molecule has 0 aliphatic rings. The number of carbonyl (C=O) groups excluding carboxylic acids is 3. The summed E-state index contributed by atoms with van der Waals surface area (Å²) in [6, 6.07) is 24.7. The van der Waals surface area contributed by atoms with E-state index in [0.717, 1.165) is 10.8 Å². The number of nitrogens with zero attached hydrogens (tertiary/aromatic N) is 1. The van der Waals surface area contributed by atoms with Crippen molar-refractivity contribution >= 4 is 34.8 Å². The van der Waals surface area contributed by atoms with Crippen LogP contribution in [0.15, 0.2) is 96.1 Å². The first kappa shape index (κ1) is 23.3. The second-order valence-corrected chi connectivity index (χ2v) is 7.44. The van der Waals surface area contributed by atoms with Gasteiger partial charge in [0, 0.05) is 5.56 Å². The van der Waals surface area contributed by atoms with E-state index < -0.39 is 17.7 Å². The van der Waals surface area contributed by atoms with Gasteiger partial charge in [0.15, 0.2) is 0 Å². The third kappa shape index (κ3) is 5.94. The molecule has 0 aliphatic carbocycles. The monoisotopic (exact) mass is 469 g/mol. The molecule has 0 saturated heterocycles. The molecule has 2 amide bonds. The van der Waals surface area contributed by atoms with Gasteiger partial charge in [0.25, 0.3) is 11.8 Å². The number of benzene rings is 4. The molecule has 0 unspecified atom stereocenters. The van der Waals surface area contributed by atoms with Crippen molar-refractivity contribution in [3.05, 3.63) is 114 Å². The Morgan fingerprint density at radius 1 is 0.829 bits per heavy atom. The van der Waals surface area contributed by atoms with E-state index in [9.17, 15) is 18.8 Å². The maximum absolute atomic E-state index is 13.7. The van der Waals surface area contributed by atoms with E-state index in [1.54, 1.807) is 30.3 Å². The average molecular weight is 469 g/mol. The number of nitrogens with one attached hydrogen (secondary N) is 2. The molecule has 0 aromatic heterocycles. The number of rotatable bonds is 7. The van der Waals surface area contributed by atoms with Gasteiger partial charge < -0.3 is 10.1 Å². The van der Waals surface area contributed by atoms with Gasteiger partial charge in [0.05, 0.1) is 18.3 Å². The Balaban J connectivity index is 1.26. The van der Waals surface area contributed by atoms with Crippen LogP contribution >= 0.6 is 0 Å². The normalized spacial score (nSPS) is 10.8. The molecule has 174 valence electrons. The summed E-state index contributed by atoms with van der Waals surface area (Å²) in [4.78, 5) is 36.6. The molecule has 8 heteroatoms. The summed E-state index contributed by atoms with van der Waals surface area (Å²) in [6.07, 6.45) is 1.40. The number of amides is 2. The Morgan fingerprint density at radius 3 is 2.31 bits per heavy atom. The van der Waals surface area contributed by atoms with E-state index in [2.05, 4.69) is 15.8 Å². The molecule has 0 aliphatic heterocycles. The van der Waals surface area contributed by atoms with Crippen molar-refractivity contribution in [3.8, 4) is 5.75 Å². The fourth-order valence-corrected chi connectivity index (χ4v) is 3.31. The lowest BCUT2D eigenvalue weighted by Crippen LogP contribution is -2.35. The van der Waals surface area contributed by atoms with Crippen LogP contribution in [-0.2, 0) is 4.79 Å². The van der Waals surface area contributed by atoms with Gasteiger partial charge in [-0.1, -0.05) is 48.5 Å². The molecule has 0 bridgehead atoms. The number of hydrazone groups is 1. The highest BCUT2D eigenvalue weighted by molar-refractivity contribution is 6.07. The molecule has 2 N–H and O–H groups in total. The topological polar surface area (TPSA) is 96.9 Å². The van der Waals surface area contributed by atoms with Crippen molar-refractivity contribution in [1.29, 1.82) is 0 Å². The van der Waals surface area contributed by atoms with Crippen LogP contribution in [0.2, 0.25) is 0 Å². The minimum Gasteiger partial charge on any atom is -0.423 e. The Morgan fingerprint density at radius 2 is 1.51 bits per heavy atom. The van der Waals surface area contributed by atoms with Gasteiger partial charge in [-0.25, -0.2) is 14.6 Å². The van der Waals surface area contributed by atoms with Crippen LogP contribution in [0, 0.1) is 5.82 Å². The Bertz CT molecular complexity index is 1410. The SMILES string of the molecule is O=C(CNC(=O)c1cccc2ccccc12)NN=Cc1ccc(OC(=O)c2ccccc2F)cc1. The molecule has 0 saturated carbocycles. The second-order valence-electron chi connectivity index (χ2n) is 7.44. The van der Waals surface area contributed by atoms with E-state index in [4.69, 9.17) is 4.74 Å². The summed E-state index contributed by atoms with van der Waals surface area (Å²) in [5.74, 6) is -2.09. The number of carbonyl (C=O) groups is 3. The summed E-state index contributed by atoms with van der Waals surface area (Å²) < 4.78 is 18.8. The quantitative estimate of drug-likeness (QED) is 0.185. The van der Waals surface area contributed by atoms with Crippen LogP contribution in [0.1, 0.15) is 26.3 Å². The van der Waals surface area contributed by atoms with Crippen molar-refractivity contribution in [1.82, 2.24) is 10.7 Å². The number of esters is 1. The minimum atomic E-state index is -0.803. The van der Waals surface area contributed by atoms with Gasteiger partial charge in [-0.3, -0.25) is 9.59 Å². The highest BCUT2D eigenvalue weighted by atomic mass is 19.1. The standard InChI is InChI=1S/C27H20FN3O4/c28-24-11-4-3-9-23(24)27(34)35-20-14-12-18(13-15-20)16-30-31-25(32)17-29-26(33)22-10-5-7-19-6-1-2-8-21(19)22/h1-16H,17H2,(H,29,33)(H,31,32). The molecule has 4 aromatic rings. The van der Waals surface area contributed by atoms with E-state index in [0.29, 0.717) is 11.1 Å². The van der Waals surface area contributed by atoms with Crippen LogP contribution in [0.4, 0.5) is 4.39 Å². The third-order valence-corrected chi connectivity index (χ3v) is 5.03. The highest BCUT2D eigenvalue weighted by Crippen LogP contribution is 2.18. The highest BCUT2D eigenvalue weighted by Gasteiger charge is 2.13. The Hall–Kier alpha value is -4.85. The average Bonchev–Trinajstić information content (AvgIpc) is 2.88. The van der Waals surface area contributed by atoms with E-state index in [1.807, 2.05) is 30.3 Å². The maximum atomic E-state index is 13.7. The number of ether oxygens (including phenoxy) is 1. The second kappa shape index (κ2) is 10.8. The van der Waals surface area contributed by atoms with Gasteiger partial charge in [0.2, 0.25) is 0 Å². The number of halogens is 1. The molecule has 0 heterocycles. The van der Waals surface area contributed by atoms with Crippen molar-refractivity contribution in [3.63, 3.8) is 0 Å². The zero-order valence-electron chi connectivity index (χ0n) is 18.4. The van der Waals surface area contributed by atoms with Gasteiger partial charge >= 0.3 is 5.97 Å². The molecular weight excluding hydrogens is 449 g/mol. The third-order valence-electron chi connectivity index (χ3n) is 5.03. The minimum absolute atomic E-state index is 0.159. The summed E-state index contributed by atoms with van der Waals surface area (Å²) in [6.45, 7) is -0.246. The van der Waals surface area contributed by atoms with Crippen LogP contribution < -0.4 is 15.5 Å². The van der Waals surface area contributed by atoms with Gasteiger partial charge in [-0.05, 0) is 58.8 Å². The first-order valence-corrected chi connectivity index (χ1v) is 10.7. The van der Waals surface area contributed by atoms with Crippen LogP contribution in [0.3, 0.4) is 0 Å². The summed E-state index contributed by atoms with van der Waals surface area (Å²) in [5, 5.41) is 8.17. The summed E-state index contributed by atoms with van der Waals surface area (Å²) in [7, 11) is 0. The fraction of sp³-hybridized carbons (Fsp3) is 0.0370. The lowest BCUT2D eigenvalue weighted by molar-refractivity contribution is -0.120. The largest absolute Gasteiger partial charge is 0.423 e. The maximum Gasteiger partial charge on any atom is 0.346 e. The van der Waals surface area contributed by atoms with Crippen molar-refractivity contribution in [2.75, 3.05) is 6.54 Å². The summed E-state index contributed by atoms with van der Waals surface area (Å²) in [5.41, 5.74) is 3.28.